The Hall–Kier alpha value is -2.48. The molecule has 0 unspecified atom stereocenters. The number of fused-ring (bicyclic) bond motifs is 5. The van der Waals surface area contributed by atoms with Gasteiger partial charge in [0.2, 0.25) is 11.6 Å². The minimum absolute atomic E-state index is 0.0376. The van der Waals surface area contributed by atoms with Crippen LogP contribution in [0.5, 0.6) is 0 Å². The number of ether oxygens (including phenoxy) is 1. The first-order chi connectivity index (χ1) is 13.2. The molecule has 2 atom stereocenters. The summed E-state index contributed by atoms with van der Waals surface area (Å²) in [5.74, 6) is -8.12. The molecule has 0 aromatic heterocycles. The van der Waals surface area contributed by atoms with E-state index in [-0.39, 0.29) is 35.1 Å². The van der Waals surface area contributed by atoms with E-state index in [0.717, 1.165) is 0 Å². The smallest absolute Gasteiger partial charge is 0.315 e. The number of alkyl halides is 4. The molecule has 0 amide bonds. The van der Waals surface area contributed by atoms with E-state index in [1.807, 2.05) is 0 Å². The lowest BCUT2D eigenvalue weighted by molar-refractivity contribution is -0.0630. The lowest BCUT2D eigenvalue weighted by Crippen LogP contribution is -2.44. The van der Waals surface area contributed by atoms with E-state index in [1.165, 1.54) is 17.0 Å². The van der Waals surface area contributed by atoms with E-state index in [2.05, 4.69) is 0 Å². The summed E-state index contributed by atoms with van der Waals surface area (Å²) >= 11 is 0. The van der Waals surface area contributed by atoms with E-state index < -0.39 is 47.1 Å². The summed E-state index contributed by atoms with van der Waals surface area (Å²) in [5.41, 5.74) is -0.758. The van der Waals surface area contributed by atoms with Gasteiger partial charge in [0.25, 0.3) is 0 Å². The lowest BCUT2D eigenvalue weighted by Gasteiger charge is -2.36. The SMILES string of the molecule is CN(C)c1c(C(=O)C(F)F)c2c(c3ccccc13)C(=O)C(F)(F)[C@H]1CCO[C@@H]21. The third-order valence-electron chi connectivity index (χ3n) is 5.49. The van der Waals surface area contributed by atoms with Crippen LogP contribution in [0.3, 0.4) is 0 Å². The van der Waals surface area contributed by atoms with Gasteiger partial charge in [-0.3, -0.25) is 9.59 Å². The van der Waals surface area contributed by atoms with Gasteiger partial charge in [-0.25, -0.2) is 8.78 Å². The van der Waals surface area contributed by atoms with Gasteiger partial charge in [0.15, 0.2) is 0 Å². The zero-order chi connectivity index (χ0) is 20.4. The number of halogens is 4. The zero-order valence-electron chi connectivity index (χ0n) is 15.1. The molecule has 2 aliphatic rings. The summed E-state index contributed by atoms with van der Waals surface area (Å²) in [4.78, 5) is 26.8. The highest BCUT2D eigenvalue weighted by molar-refractivity contribution is 6.21. The number of benzene rings is 2. The van der Waals surface area contributed by atoms with Crippen LogP contribution in [0.25, 0.3) is 10.8 Å². The minimum Gasteiger partial charge on any atom is -0.377 e. The van der Waals surface area contributed by atoms with E-state index in [1.54, 1.807) is 26.2 Å². The van der Waals surface area contributed by atoms with E-state index >= 15 is 0 Å². The molecule has 0 bridgehead atoms. The molecule has 28 heavy (non-hydrogen) atoms. The lowest BCUT2D eigenvalue weighted by atomic mass is 9.73. The second-order valence-electron chi connectivity index (χ2n) is 7.26. The van der Waals surface area contributed by atoms with Gasteiger partial charge in [-0.1, -0.05) is 24.3 Å². The molecule has 1 aliphatic carbocycles. The van der Waals surface area contributed by atoms with Gasteiger partial charge >= 0.3 is 12.3 Å². The first-order valence-electron chi connectivity index (χ1n) is 8.80. The van der Waals surface area contributed by atoms with Crippen LogP contribution < -0.4 is 4.90 Å². The largest absolute Gasteiger partial charge is 0.377 e. The molecule has 0 radical (unpaired) electrons. The van der Waals surface area contributed by atoms with Crippen LogP contribution in [0.1, 0.15) is 38.8 Å². The predicted octanol–water partition coefficient (Wildman–Crippen LogP) is 4.26. The van der Waals surface area contributed by atoms with Gasteiger partial charge < -0.3 is 9.64 Å². The van der Waals surface area contributed by atoms with Crippen molar-refractivity contribution in [2.24, 2.45) is 5.92 Å². The van der Waals surface area contributed by atoms with E-state index in [9.17, 15) is 27.2 Å². The number of rotatable bonds is 3. The average molecular weight is 395 g/mol. The average Bonchev–Trinajstić information content (AvgIpc) is 3.14. The highest BCUT2D eigenvalue weighted by Gasteiger charge is 2.59. The topological polar surface area (TPSA) is 46.6 Å². The molecular formula is C20H17F4NO3. The van der Waals surface area contributed by atoms with Crippen LogP contribution in [-0.4, -0.2) is 44.6 Å². The summed E-state index contributed by atoms with van der Waals surface area (Å²) in [6, 6.07) is 6.18. The van der Waals surface area contributed by atoms with Gasteiger partial charge in [-0.05, 0) is 11.8 Å². The predicted molar refractivity (Wildman–Crippen MR) is 94.7 cm³/mol. The Morgan fingerprint density at radius 1 is 1.21 bits per heavy atom. The number of nitrogens with zero attached hydrogens (tertiary/aromatic N) is 1. The third kappa shape index (κ3) is 2.40. The third-order valence-corrected chi connectivity index (χ3v) is 5.49. The highest BCUT2D eigenvalue weighted by Crippen LogP contribution is 2.54. The standard InChI is InChI=1S/C20H17F4NO3/c1-25(2)15-10-6-4-3-5-9(10)12-13(14(15)16(26)19(21)22)17-11(7-8-28-17)20(23,24)18(12)27/h3-6,11,17,19H,7-8H2,1-2H3/t11-,17+/m0/s1. The Morgan fingerprint density at radius 3 is 2.46 bits per heavy atom. The number of ketones is 2. The Labute approximate surface area is 158 Å². The summed E-state index contributed by atoms with van der Waals surface area (Å²) < 4.78 is 62.1. The molecule has 148 valence electrons. The zero-order valence-corrected chi connectivity index (χ0v) is 15.1. The molecule has 0 spiro atoms. The molecule has 4 rings (SSSR count). The summed E-state index contributed by atoms with van der Waals surface area (Å²) in [6.07, 6.45) is -4.72. The molecule has 1 fully saturated rings. The van der Waals surface area contributed by atoms with Crippen LogP contribution >= 0.6 is 0 Å². The molecule has 8 heteroatoms. The second-order valence-corrected chi connectivity index (χ2v) is 7.26. The minimum atomic E-state index is -3.69. The molecule has 1 aliphatic heterocycles. The number of carbonyl (C=O) groups is 2. The quantitative estimate of drug-likeness (QED) is 0.576. The van der Waals surface area contributed by atoms with Crippen LogP contribution in [-0.2, 0) is 4.74 Å². The number of anilines is 1. The van der Waals surface area contributed by atoms with Crippen LogP contribution in [0.4, 0.5) is 23.2 Å². The van der Waals surface area contributed by atoms with Gasteiger partial charge in [-0.15, -0.1) is 0 Å². The van der Waals surface area contributed by atoms with Crippen molar-refractivity contribution in [3.8, 4) is 0 Å². The molecule has 1 heterocycles. The fraction of sp³-hybridized carbons (Fsp3) is 0.400. The van der Waals surface area contributed by atoms with Crippen molar-refractivity contribution in [2.45, 2.75) is 24.9 Å². The van der Waals surface area contributed by atoms with E-state index in [0.29, 0.717) is 0 Å². The molecule has 4 nitrogen and oxygen atoms in total. The summed E-state index contributed by atoms with van der Waals surface area (Å²) in [5, 5.41) is 0.487. The maximum Gasteiger partial charge on any atom is 0.315 e. The number of carbonyl (C=O) groups excluding carboxylic acids is 2. The first-order valence-corrected chi connectivity index (χ1v) is 8.80. The number of Topliss-reactive ketones (excluding diaryl/α,β-unsaturated/α-hetero) is 2. The van der Waals surface area contributed by atoms with Gasteiger partial charge in [0.05, 0.1) is 23.3 Å². The van der Waals surface area contributed by atoms with Gasteiger partial charge in [0, 0.05) is 37.2 Å². The van der Waals surface area contributed by atoms with Crippen molar-refractivity contribution >= 4 is 28.0 Å². The Kier molecular flexibility index (Phi) is 4.22. The van der Waals surface area contributed by atoms with Crippen LogP contribution in [0.2, 0.25) is 0 Å². The van der Waals surface area contributed by atoms with Crippen molar-refractivity contribution in [1.82, 2.24) is 0 Å². The van der Waals surface area contributed by atoms with Crippen molar-refractivity contribution in [3.63, 3.8) is 0 Å². The molecule has 2 aromatic rings. The Bertz CT molecular complexity index is 1000. The summed E-state index contributed by atoms with van der Waals surface area (Å²) in [7, 11) is 3.14. The van der Waals surface area contributed by atoms with Crippen LogP contribution in [0.15, 0.2) is 24.3 Å². The molecule has 0 N–H and O–H groups in total. The van der Waals surface area contributed by atoms with Crippen molar-refractivity contribution < 1.29 is 31.9 Å². The van der Waals surface area contributed by atoms with Gasteiger partial charge in [0.1, 0.15) is 0 Å². The van der Waals surface area contributed by atoms with Gasteiger partial charge in [-0.2, -0.15) is 8.78 Å². The van der Waals surface area contributed by atoms with Crippen molar-refractivity contribution in [2.75, 3.05) is 25.6 Å². The molecule has 0 saturated carbocycles. The second kappa shape index (κ2) is 6.27. The molecular weight excluding hydrogens is 378 g/mol. The monoisotopic (exact) mass is 395 g/mol. The molecule has 1 saturated heterocycles. The van der Waals surface area contributed by atoms with Crippen molar-refractivity contribution in [1.29, 1.82) is 0 Å². The van der Waals surface area contributed by atoms with Crippen LogP contribution in [0, 0.1) is 5.92 Å². The Morgan fingerprint density at radius 2 is 1.86 bits per heavy atom. The first kappa shape index (κ1) is 18.9. The fourth-order valence-corrected chi connectivity index (χ4v) is 4.37. The fourth-order valence-electron chi connectivity index (χ4n) is 4.37. The number of hydrogen-bond donors (Lipinski definition) is 0. The number of hydrogen-bond acceptors (Lipinski definition) is 4. The maximum absolute atomic E-state index is 14.8. The summed E-state index contributed by atoms with van der Waals surface area (Å²) in [6.45, 7) is -0.0376. The van der Waals surface area contributed by atoms with Crippen molar-refractivity contribution in [3.05, 3.63) is 41.0 Å². The molecule has 2 aromatic carbocycles. The Balaban J connectivity index is 2.22. The van der Waals surface area contributed by atoms with E-state index in [4.69, 9.17) is 4.74 Å². The highest BCUT2D eigenvalue weighted by atomic mass is 19.3. The maximum atomic E-state index is 14.8. The normalized spacial score (nSPS) is 23.0.